The molecule has 0 saturated heterocycles. The molecule has 1 amide bonds. The first-order chi connectivity index (χ1) is 12.6. The first-order valence-corrected chi connectivity index (χ1v) is 9.30. The zero-order valence-corrected chi connectivity index (χ0v) is 15.4. The Bertz CT molecular complexity index is 1040. The molecule has 1 aliphatic carbocycles. The summed E-state index contributed by atoms with van der Waals surface area (Å²) < 4.78 is 4.93. The highest BCUT2D eigenvalue weighted by Gasteiger charge is 2.28. The quantitative estimate of drug-likeness (QED) is 0.708. The lowest BCUT2D eigenvalue weighted by molar-refractivity contribution is 0.0601. The van der Waals surface area contributed by atoms with Gasteiger partial charge in [-0.1, -0.05) is 12.1 Å². The van der Waals surface area contributed by atoms with Crippen LogP contribution in [0, 0.1) is 6.92 Å². The molecule has 1 aliphatic rings. The number of amides is 1. The molecular weight excluding hydrogens is 348 g/mol. The summed E-state index contributed by atoms with van der Waals surface area (Å²) in [4.78, 5) is 30.6. The predicted molar refractivity (Wildman–Crippen MR) is 102 cm³/mol. The Labute approximate surface area is 155 Å². The highest BCUT2D eigenvalue weighted by atomic mass is 32.1. The zero-order chi connectivity index (χ0) is 18.3. The van der Waals surface area contributed by atoms with Gasteiger partial charge in [-0.25, -0.2) is 4.79 Å². The van der Waals surface area contributed by atoms with E-state index in [1.54, 1.807) is 12.1 Å². The van der Waals surface area contributed by atoms with Crippen LogP contribution in [0.15, 0.2) is 30.3 Å². The molecule has 0 atom stereocenters. The SMILES string of the molecule is COC(=O)c1c(NC(=O)c2ccc3ccc(C)nc3c2)sc2c1CCC2. The van der Waals surface area contributed by atoms with Crippen LogP contribution in [0.25, 0.3) is 10.9 Å². The van der Waals surface area contributed by atoms with Crippen LogP contribution < -0.4 is 5.32 Å². The Morgan fingerprint density at radius 2 is 2.00 bits per heavy atom. The fraction of sp³-hybridized carbons (Fsp3) is 0.250. The van der Waals surface area contributed by atoms with Gasteiger partial charge in [0.15, 0.2) is 0 Å². The molecule has 0 saturated carbocycles. The highest BCUT2D eigenvalue weighted by molar-refractivity contribution is 7.17. The molecule has 0 fully saturated rings. The summed E-state index contributed by atoms with van der Waals surface area (Å²) in [5.74, 6) is -0.643. The third-order valence-electron chi connectivity index (χ3n) is 4.63. The van der Waals surface area contributed by atoms with Gasteiger partial charge in [-0.3, -0.25) is 9.78 Å². The minimum absolute atomic E-state index is 0.250. The van der Waals surface area contributed by atoms with Crippen LogP contribution in [0.4, 0.5) is 5.00 Å². The van der Waals surface area contributed by atoms with Crippen LogP contribution in [0.1, 0.15) is 43.3 Å². The van der Waals surface area contributed by atoms with E-state index in [0.29, 0.717) is 16.1 Å². The summed E-state index contributed by atoms with van der Waals surface area (Å²) in [6.07, 6.45) is 2.83. The Morgan fingerprint density at radius 1 is 1.19 bits per heavy atom. The van der Waals surface area contributed by atoms with E-state index in [2.05, 4.69) is 10.3 Å². The smallest absolute Gasteiger partial charge is 0.341 e. The van der Waals surface area contributed by atoms with Crippen LogP contribution >= 0.6 is 11.3 Å². The van der Waals surface area contributed by atoms with Crippen LogP contribution in [-0.2, 0) is 17.6 Å². The number of methoxy groups -OCH3 is 1. The van der Waals surface area contributed by atoms with Crippen molar-refractivity contribution in [2.45, 2.75) is 26.2 Å². The van der Waals surface area contributed by atoms with E-state index in [4.69, 9.17) is 4.74 Å². The number of fused-ring (bicyclic) bond motifs is 2. The van der Waals surface area contributed by atoms with Gasteiger partial charge in [0, 0.05) is 21.5 Å². The number of benzene rings is 1. The van der Waals surface area contributed by atoms with Crippen LogP contribution in [0.5, 0.6) is 0 Å². The van der Waals surface area contributed by atoms with Gasteiger partial charge < -0.3 is 10.1 Å². The van der Waals surface area contributed by atoms with Crippen molar-refractivity contribution in [1.29, 1.82) is 0 Å². The molecule has 0 spiro atoms. The number of aromatic nitrogens is 1. The summed E-state index contributed by atoms with van der Waals surface area (Å²) in [7, 11) is 1.37. The molecule has 3 aromatic rings. The molecule has 2 heterocycles. The monoisotopic (exact) mass is 366 g/mol. The van der Waals surface area contributed by atoms with Crippen molar-refractivity contribution < 1.29 is 14.3 Å². The highest BCUT2D eigenvalue weighted by Crippen LogP contribution is 2.39. The number of aryl methyl sites for hydroxylation is 2. The topological polar surface area (TPSA) is 68.3 Å². The van der Waals surface area contributed by atoms with Crippen molar-refractivity contribution in [2.24, 2.45) is 0 Å². The Morgan fingerprint density at radius 3 is 2.81 bits per heavy atom. The third-order valence-corrected chi connectivity index (χ3v) is 5.84. The third kappa shape index (κ3) is 2.86. The molecule has 1 aromatic carbocycles. The van der Waals surface area contributed by atoms with E-state index in [9.17, 15) is 9.59 Å². The summed E-state index contributed by atoms with van der Waals surface area (Å²) >= 11 is 1.47. The second-order valence-electron chi connectivity index (χ2n) is 6.37. The molecule has 0 aliphatic heterocycles. The number of ether oxygens (including phenoxy) is 1. The summed E-state index contributed by atoms with van der Waals surface area (Å²) in [6, 6.07) is 9.35. The van der Waals surface area contributed by atoms with Gasteiger partial charge in [-0.15, -0.1) is 11.3 Å². The van der Waals surface area contributed by atoms with Crippen molar-refractivity contribution in [3.63, 3.8) is 0 Å². The van der Waals surface area contributed by atoms with Gasteiger partial charge in [0.05, 0.1) is 18.2 Å². The maximum absolute atomic E-state index is 12.7. The number of nitrogens with zero attached hydrogens (tertiary/aromatic N) is 1. The lowest BCUT2D eigenvalue weighted by atomic mass is 10.1. The molecule has 1 N–H and O–H groups in total. The van der Waals surface area contributed by atoms with Crippen molar-refractivity contribution in [3.05, 3.63) is 57.6 Å². The molecule has 0 bridgehead atoms. The molecule has 5 nitrogen and oxygen atoms in total. The number of thiophene rings is 1. The fourth-order valence-electron chi connectivity index (χ4n) is 3.35. The van der Waals surface area contributed by atoms with Gasteiger partial charge in [0.25, 0.3) is 5.91 Å². The number of nitrogens with one attached hydrogen (secondary N) is 1. The van der Waals surface area contributed by atoms with E-state index in [0.717, 1.165) is 46.3 Å². The van der Waals surface area contributed by atoms with Crippen LogP contribution in [0.3, 0.4) is 0 Å². The average Bonchev–Trinajstić information content (AvgIpc) is 3.21. The number of hydrogen-bond donors (Lipinski definition) is 1. The number of carbonyl (C=O) groups is 2. The van der Waals surface area contributed by atoms with E-state index >= 15 is 0 Å². The van der Waals surface area contributed by atoms with Crippen molar-refractivity contribution in [1.82, 2.24) is 4.98 Å². The number of carbonyl (C=O) groups excluding carboxylic acids is 2. The molecular formula is C20H18N2O3S. The predicted octanol–water partition coefficient (Wildman–Crippen LogP) is 4.13. The molecule has 26 heavy (non-hydrogen) atoms. The van der Waals surface area contributed by atoms with Gasteiger partial charge >= 0.3 is 5.97 Å². The lowest BCUT2D eigenvalue weighted by Gasteiger charge is -2.08. The number of pyridine rings is 1. The van der Waals surface area contributed by atoms with Gasteiger partial charge in [-0.05, 0) is 49.9 Å². The van der Waals surface area contributed by atoms with Crippen LogP contribution in [-0.4, -0.2) is 24.0 Å². The van der Waals surface area contributed by atoms with Crippen LogP contribution in [0.2, 0.25) is 0 Å². The minimum Gasteiger partial charge on any atom is -0.465 e. The minimum atomic E-state index is -0.393. The molecule has 6 heteroatoms. The number of anilines is 1. The first-order valence-electron chi connectivity index (χ1n) is 8.48. The summed E-state index contributed by atoms with van der Waals surface area (Å²) in [6.45, 7) is 1.92. The number of hydrogen-bond acceptors (Lipinski definition) is 5. The molecule has 132 valence electrons. The van der Waals surface area contributed by atoms with Crippen molar-refractivity contribution >= 4 is 39.1 Å². The standard InChI is InChI=1S/C20H18N2O3S/c1-11-6-7-12-8-9-13(10-15(12)21-11)18(23)22-19-17(20(24)25-2)14-4-3-5-16(14)26-19/h6-10H,3-5H2,1-2H3,(H,22,23). The van der Waals surface area contributed by atoms with Gasteiger partial charge in [0.2, 0.25) is 0 Å². The molecule has 2 aromatic heterocycles. The van der Waals surface area contributed by atoms with Crippen molar-refractivity contribution in [2.75, 3.05) is 12.4 Å². The van der Waals surface area contributed by atoms with E-state index in [1.165, 1.54) is 18.4 Å². The fourth-order valence-corrected chi connectivity index (χ4v) is 4.62. The lowest BCUT2D eigenvalue weighted by Crippen LogP contribution is -2.14. The Kier molecular flexibility index (Phi) is 4.20. The summed E-state index contributed by atoms with van der Waals surface area (Å²) in [5.41, 5.74) is 3.72. The second kappa shape index (κ2) is 6.53. The van der Waals surface area contributed by atoms with Gasteiger partial charge in [0.1, 0.15) is 5.00 Å². The molecule has 0 unspecified atom stereocenters. The van der Waals surface area contributed by atoms with E-state index < -0.39 is 5.97 Å². The number of esters is 1. The molecule has 4 rings (SSSR count). The number of rotatable bonds is 3. The van der Waals surface area contributed by atoms with Gasteiger partial charge in [-0.2, -0.15) is 0 Å². The average molecular weight is 366 g/mol. The second-order valence-corrected chi connectivity index (χ2v) is 7.47. The Hall–Kier alpha value is -2.73. The van der Waals surface area contributed by atoms with E-state index in [-0.39, 0.29) is 5.91 Å². The first kappa shape index (κ1) is 16.7. The normalized spacial score (nSPS) is 12.8. The Balaban J connectivity index is 1.67. The largest absolute Gasteiger partial charge is 0.465 e. The van der Waals surface area contributed by atoms with E-state index in [1.807, 2.05) is 25.1 Å². The maximum atomic E-state index is 12.7. The van der Waals surface area contributed by atoms with Crippen molar-refractivity contribution in [3.8, 4) is 0 Å². The zero-order valence-electron chi connectivity index (χ0n) is 14.6. The maximum Gasteiger partial charge on any atom is 0.341 e. The molecule has 0 radical (unpaired) electrons. The summed E-state index contributed by atoms with van der Waals surface area (Å²) in [5, 5.41) is 4.46.